The molecule has 0 aliphatic carbocycles. The molecule has 9 heteroatoms. The molecule has 35 heavy (non-hydrogen) atoms. The van der Waals surface area contributed by atoms with Gasteiger partial charge < -0.3 is 4.74 Å². The minimum Gasteiger partial charge on any atom is -0.453 e. The molecule has 1 N–H and O–H groups in total. The summed E-state index contributed by atoms with van der Waals surface area (Å²) in [6.07, 6.45) is 4.23. The van der Waals surface area contributed by atoms with Gasteiger partial charge in [0, 0.05) is 44.3 Å². The topological polar surface area (TPSA) is 65.1 Å². The molecule has 2 saturated heterocycles. The van der Waals surface area contributed by atoms with E-state index in [0.717, 1.165) is 56.0 Å². The summed E-state index contributed by atoms with van der Waals surface area (Å²) in [5.41, 5.74) is 4.69. The average Bonchev–Trinajstić information content (AvgIpc) is 3.24. The van der Waals surface area contributed by atoms with Crippen molar-refractivity contribution in [2.45, 2.75) is 38.1 Å². The second-order valence-corrected chi connectivity index (χ2v) is 9.20. The van der Waals surface area contributed by atoms with E-state index in [0.29, 0.717) is 18.2 Å². The van der Waals surface area contributed by atoms with E-state index < -0.39 is 6.09 Å². The molecule has 1 unspecified atom stereocenters. The molecule has 2 amide bonds. The molecule has 0 radical (unpaired) electrons. The summed E-state index contributed by atoms with van der Waals surface area (Å²) in [5, 5.41) is 2.74. The zero-order chi connectivity index (χ0) is 22.8. The second kappa shape index (κ2) is 12.1. The SMILES string of the molecule is COC(=O)Nc1ccc2c(c1)N(C(=O)CCN1CCN3CCCC3C1)c1ccccc1CC2.Cl.Cl. The molecule has 0 spiro atoms. The summed E-state index contributed by atoms with van der Waals surface area (Å²) in [5.74, 6) is 0.0923. The standard InChI is InChI=1S/C26H32N4O3.2ClH/c1-33-26(32)27-21-11-10-20-9-8-19-5-2-3-7-23(19)30(24(20)17-21)25(31)12-14-28-15-16-29-13-4-6-22(29)18-28;;/h2-3,5,7,10-11,17,22H,4,6,8-9,12-16,18H2,1H3,(H,27,32);2*1H. The van der Waals surface area contributed by atoms with Crippen LogP contribution in [0, 0.1) is 0 Å². The van der Waals surface area contributed by atoms with Crippen LogP contribution in [0.3, 0.4) is 0 Å². The third-order valence-corrected chi connectivity index (χ3v) is 7.22. The van der Waals surface area contributed by atoms with E-state index in [2.05, 4.69) is 21.2 Å². The fraction of sp³-hybridized carbons (Fsp3) is 0.462. The van der Waals surface area contributed by atoms with Crippen molar-refractivity contribution in [3.05, 3.63) is 53.6 Å². The van der Waals surface area contributed by atoms with Crippen LogP contribution in [-0.2, 0) is 22.4 Å². The van der Waals surface area contributed by atoms with Crippen molar-refractivity contribution in [2.24, 2.45) is 0 Å². The summed E-state index contributed by atoms with van der Waals surface area (Å²) in [7, 11) is 1.34. The number of aryl methyl sites for hydroxylation is 2. The number of amides is 2. The van der Waals surface area contributed by atoms with Crippen molar-refractivity contribution in [1.29, 1.82) is 0 Å². The van der Waals surface area contributed by atoms with Crippen LogP contribution < -0.4 is 10.2 Å². The minimum atomic E-state index is -0.520. The average molecular weight is 521 g/mol. The van der Waals surface area contributed by atoms with Crippen LogP contribution in [0.1, 0.15) is 30.4 Å². The lowest BCUT2D eigenvalue weighted by molar-refractivity contribution is -0.118. The van der Waals surface area contributed by atoms with Crippen molar-refractivity contribution in [1.82, 2.24) is 9.80 Å². The van der Waals surface area contributed by atoms with Gasteiger partial charge in [-0.15, -0.1) is 24.8 Å². The number of ether oxygens (including phenoxy) is 1. The minimum absolute atomic E-state index is 0. The highest BCUT2D eigenvalue weighted by Gasteiger charge is 2.31. The maximum absolute atomic E-state index is 13.7. The zero-order valence-electron chi connectivity index (χ0n) is 20.1. The highest BCUT2D eigenvalue weighted by molar-refractivity contribution is 6.03. The fourth-order valence-electron chi connectivity index (χ4n) is 5.46. The van der Waals surface area contributed by atoms with Crippen molar-refractivity contribution in [3.8, 4) is 0 Å². The van der Waals surface area contributed by atoms with Gasteiger partial charge in [-0.1, -0.05) is 24.3 Å². The number of para-hydroxylation sites is 1. The van der Waals surface area contributed by atoms with Gasteiger partial charge in [0.05, 0.1) is 18.5 Å². The van der Waals surface area contributed by atoms with Crippen LogP contribution in [0.4, 0.5) is 21.9 Å². The van der Waals surface area contributed by atoms with Crippen LogP contribution >= 0.6 is 24.8 Å². The van der Waals surface area contributed by atoms with Gasteiger partial charge in [0.25, 0.3) is 0 Å². The lowest BCUT2D eigenvalue weighted by atomic mass is 10.0. The van der Waals surface area contributed by atoms with Crippen molar-refractivity contribution in [2.75, 3.05) is 50.1 Å². The molecule has 0 bridgehead atoms. The van der Waals surface area contributed by atoms with E-state index in [1.54, 1.807) is 0 Å². The molecule has 0 saturated carbocycles. The molecular weight excluding hydrogens is 487 g/mol. The first-order chi connectivity index (χ1) is 16.1. The number of carbonyl (C=O) groups excluding carboxylic acids is 2. The number of methoxy groups -OCH3 is 1. The predicted molar refractivity (Wildman–Crippen MR) is 144 cm³/mol. The van der Waals surface area contributed by atoms with Gasteiger partial charge in [-0.3, -0.25) is 24.8 Å². The number of nitrogens with one attached hydrogen (secondary N) is 1. The number of benzene rings is 2. The molecular formula is C26H34Cl2N4O3. The van der Waals surface area contributed by atoms with Gasteiger partial charge in [0.2, 0.25) is 5.91 Å². The summed E-state index contributed by atoms with van der Waals surface area (Å²) in [6.45, 7) is 5.20. The van der Waals surface area contributed by atoms with E-state index in [9.17, 15) is 9.59 Å². The monoisotopic (exact) mass is 520 g/mol. The maximum atomic E-state index is 13.7. The van der Waals surface area contributed by atoms with E-state index in [1.807, 2.05) is 41.3 Å². The quantitative estimate of drug-likeness (QED) is 0.635. The fourth-order valence-corrected chi connectivity index (χ4v) is 5.46. The second-order valence-electron chi connectivity index (χ2n) is 9.20. The summed E-state index contributed by atoms with van der Waals surface area (Å²) in [4.78, 5) is 32.4. The van der Waals surface area contributed by atoms with Crippen molar-refractivity contribution >= 4 is 53.9 Å². The Morgan fingerprint density at radius 1 is 1.00 bits per heavy atom. The van der Waals surface area contributed by atoms with E-state index in [-0.39, 0.29) is 30.7 Å². The lowest BCUT2D eigenvalue weighted by Gasteiger charge is -2.37. The summed E-state index contributed by atoms with van der Waals surface area (Å²) < 4.78 is 4.75. The Balaban J connectivity index is 0.00000171. The van der Waals surface area contributed by atoms with E-state index >= 15 is 0 Å². The molecule has 1 atom stereocenters. The molecule has 3 heterocycles. The normalized spacial score (nSPS) is 19.2. The lowest BCUT2D eigenvalue weighted by Crippen LogP contribution is -2.50. The van der Waals surface area contributed by atoms with Crippen LogP contribution in [0.25, 0.3) is 0 Å². The Labute approximate surface area is 219 Å². The van der Waals surface area contributed by atoms with Gasteiger partial charge in [-0.05, 0) is 61.6 Å². The predicted octanol–water partition coefficient (Wildman–Crippen LogP) is 4.64. The Bertz CT molecular complexity index is 1050. The molecule has 190 valence electrons. The van der Waals surface area contributed by atoms with E-state index in [1.165, 1.54) is 32.1 Å². The summed E-state index contributed by atoms with van der Waals surface area (Å²) in [6, 6.07) is 14.6. The highest BCUT2D eigenvalue weighted by Crippen LogP contribution is 2.38. The van der Waals surface area contributed by atoms with Gasteiger partial charge in [-0.25, -0.2) is 4.79 Å². The Morgan fingerprint density at radius 3 is 2.57 bits per heavy atom. The number of hydrogen-bond donors (Lipinski definition) is 1. The first kappa shape index (κ1) is 27.3. The molecule has 0 aromatic heterocycles. The third-order valence-electron chi connectivity index (χ3n) is 7.22. The Hall–Kier alpha value is -2.32. The van der Waals surface area contributed by atoms with Gasteiger partial charge in [0.15, 0.2) is 0 Å². The largest absolute Gasteiger partial charge is 0.453 e. The molecule has 7 nitrogen and oxygen atoms in total. The first-order valence-electron chi connectivity index (χ1n) is 12.0. The summed E-state index contributed by atoms with van der Waals surface area (Å²) >= 11 is 0. The van der Waals surface area contributed by atoms with Crippen LogP contribution in [0.5, 0.6) is 0 Å². The first-order valence-corrected chi connectivity index (χ1v) is 12.0. The number of piperazine rings is 1. The third kappa shape index (κ3) is 5.92. The molecule has 2 fully saturated rings. The number of halogens is 2. The Kier molecular flexibility index (Phi) is 9.41. The number of anilines is 3. The van der Waals surface area contributed by atoms with Gasteiger partial charge in [-0.2, -0.15) is 0 Å². The molecule has 3 aliphatic rings. The number of fused-ring (bicyclic) bond motifs is 3. The molecule has 5 rings (SSSR count). The molecule has 2 aromatic rings. The Morgan fingerprint density at radius 2 is 1.77 bits per heavy atom. The number of carbonyl (C=O) groups is 2. The highest BCUT2D eigenvalue weighted by atomic mass is 35.5. The van der Waals surface area contributed by atoms with Crippen LogP contribution in [0.2, 0.25) is 0 Å². The zero-order valence-corrected chi connectivity index (χ0v) is 21.7. The molecule has 3 aliphatic heterocycles. The van der Waals surface area contributed by atoms with Crippen LogP contribution in [0.15, 0.2) is 42.5 Å². The van der Waals surface area contributed by atoms with Gasteiger partial charge in [0.1, 0.15) is 0 Å². The number of rotatable bonds is 4. The van der Waals surface area contributed by atoms with E-state index in [4.69, 9.17) is 4.74 Å². The van der Waals surface area contributed by atoms with Crippen molar-refractivity contribution < 1.29 is 14.3 Å². The smallest absolute Gasteiger partial charge is 0.411 e. The van der Waals surface area contributed by atoms with Gasteiger partial charge >= 0.3 is 6.09 Å². The number of nitrogens with zero attached hydrogens (tertiary/aromatic N) is 3. The maximum Gasteiger partial charge on any atom is 0.411 e. The number of hydrogen-bond acceptors (Lipinski definition) is 5. The molecule has 2 aromatic carbocycles. The van der Waals surface area contributed by atoms with Crippen LogP contribution in [-0.4, -0.2) is 67.7 Å². The van der Waals surface area contributed by atoms with Crippen molar-refractivity contribution in [3.63, 3.8) is 0 Å².